The smallest absolute Gasteiger partial charge is 0.239 e. The first kappa shape index (κ1) is 31.2. The Morgan fingerprint density at radius 3 is 2.57 bits per heavy atom. The van der Waals surface area contributed by atoms with Gasteiger partial charge in [-0.15, -0.1) is 0 Å². The van der Waals surface area contributed by atoms with E-state index in [0.29, 0.717) is 42.1 Å². The summed E-state index contributed by atoms with van der Waals surface area (Å²) in [5, 5.41) is 16.4. The van der Waals surface area contributed by atoms with Gasteiger partial charge in [-0.05, 0) is 61.9 Å². The maximum atomic E-state index is 15.2. The number of rotatable bonds is 8. The molecular formula is C34H40FN9O3. The maximum Gasteiger partial charge on any atom is 0.239 e. The number of carbonyl (C=O) groups excluding carboxylic acids is 1. The molecule has 246 valence electrons. The van der Waals surface area contributed by atoms with E-state index < -0.39 is 12.3 Å². The number of ether oxygens (including phenoxy) is 2. The Morgan fingerprint density at radius 2 is 1.87 bits per heavy atom. The number of piperidine rings is 2. The molecular weight excluding hydrogens is 601 g/mol. The van der Waals surface area contributed by atoms with E-state index in [1.54, 1.807) is 23.1 Å². The second-order valence-corrected chi connectivity index (χ2v) is 12.6. The Kier molecular flexibility index (Phi) is 9.41. The van der Waals surface area contributed by atoms with Crippen molar-refractivity contribution in [2.75, 3.05) is 69.2 Å². The monoisotopic (exact) mass is 641 g/mol. The number of nitrogens with one attached hydrogen (secondary N) is 2. The molecule has 0 radical (unpaired) electrons. The van der Waals surface area contributed by atoms with Crippen LogP contribution in [0.3, 0.4) is 0 Å². The van der Waals surface area contributed by atoms with Crippen LogP contribution in [0.15, 0.2) is 48.8 Å². The van der Waals surface area contributed by atoms with Crippen LogP contribution < -0.4 is 20.3 Å². The van der Waals surface area contributed by atoms with Crippen molar-refractivity contribution in [3.63, 3.8) is 0 Å². The van der Waals surface area contributed by atoms with Gasteiger partial charge < -0.3 is 29.9 Å². The van der Waals surface area contributed by atoms with Crippen molar-refractivity contribution >= 4 is 23.2 Å². The van der Waals surface area contributed by atoms with Crippen molar-refractivity contribution in [3.8, 4) is 23.2 Å². The normalized spacial score (nSPS) is 23.9. The van der Waals surface area contributed by atoms with Crippen molar-refractivity contribution in [1.29, 1.82) is 5.26 Å². The van der Waals surface area contributed by atoms with Gasteiger partial charge in [-0.1, -0.05) is 6.42 Å². The van der Waals surface area contributed by atoms with Gasteiger partial charge in [0, 0.05) is 56.1 Å². The van der Waals surface area contributed by atoms with Gasteiger partial charge in [-0.25, -0.2) is 14.4 Å². The van der Waals surface area contributed by atoms with Crippen molar-refractivity contribution in [3.05, 3.63) is 54.4 Å². The fourth-order valence-electron chi connectivity index (χ4n) is 6.68. The number of aromatic nitrogens is 3. The van der Waals surface area contributed by atoms with Crippen molar-refractivity contribution < 1.29 is 18.7 Å². The zero-order chi connectivity index (χ0) is 32.2. The summed E-state index contributed by atoms with van der Waals surface area (Å²) >= 11 is 0. The summed E-state index contributed by atoms with van der Waals surface area (Å²) in [5.74, 6) is 1.02. The molecule has 4 saturated heterocycles. The molecule has 4 aliphatic heterocycles. The highest BCUT2D eigenvalue weighted by molar-refractivity contribution is 5.82. The molecule has 3 atom stereocenters. The van der Waals surface area contributed by atoms with Crippen LogP contribution in [0.4, 0.5) is 21.7 Å². The van der Waals surface area contributed by atoms with Gasteiger partial charge >= 0.3 is 0 Å². The lowest BCUT2D eigenvalue weighted by molar-refractivity contribution is -0.137. The second kappa shape index (κ2) is 14.2. The minimum atomic E-state index is -1.36. The Labute approximate surface area is 273 Å². The summed E-state index contributed by atoms with van der Waals surface area (Å²) in [4.78, 5) is 32.5. The summed E-state index contributed by atoms with van der Waals surface area (Å²) in [5.41, 5.74) is 2.89. The number of hydrogen-bond donors (Lipinski definition) is 2. The molecule has 3 unspecified atom stereocenters. The number of carbonyl (C=O) groups is 1. The van der Waals surface area contributed by atoms with Gasteiger partial charge in [-0.3, -0.25) is 9.69 Å². The first-order valence-electron chi connectivity index (χ1n) is 16.5. The molecule has 2 aromatic carbocycles. The molecule has 47 heavy (non-hydrogen) atoms. The van der Waals surface area contributed by atoms with Crippen LogP contribution in [0.1, 0.15) is 31.2 Å². The highest BCUT2D eigenvalue weighted by atomic mass is 19.1. The molecule has 0 saturated carbocycles. The fraction of sp³-hybridized carbons (Fsp3) is 0.500. The van der Waals surface area contributed by atoms with Crippen LogP contribution in [-0.4, -0.2) is 114 Å². The molecule has 0 spiro atoms. The summed E-state index contributed by atoms with van der Waals surface area (Å²) in [6.45, 7) is 6.97. The maximum absolute atomic E-state index is 15.2. The molecule has 5 heterocycles. The van der Waals surface area contributed by atoms with Crippen LogP contribution in [0, 0.1) is 11.3 Å². The van der Waals surface area contributed by atoms with Crippen molar-refractivity contribution in [1.82, 2.24) is 30.1 Å². The first-order valence-corrected chi connectivity index (χ1v) is 16.5. The molecule has 13 heteroatoms. The van der Waals surface area contributed by atoms with Crippen molar-refractivity contribution in [2.45, 2.75) is 50.0 Å². The zero-order valence-corrected chi connectivity index (χ0v) is 26.4. The lowest BCUT2D eigenvalue weighted by atomic mass is 10.0. The number of hydrogen-bond acceptors (Lipinski definition) is 11. The van der Waals surface area contributed by atoms with E-state index in [1.807, 2.05) is 12.1 Å². The highest BCUT2D eigenvalue weighted by Gasteiger charge is 2.36. The van der Waals surface area contributed by atoms with Gasteiger partial charge in [0.15, 0.2) is 12.0 Å². The molecule has 0 bridgehead atoms. The van der Waals surface area contributed by atoms with Gasteiger partial charge in [0.2, 0.25) is 11.9 Å². The number of likely N-dealkylation sites (tertiary alicyclic amines) is 1. The largest absolute Gasteiger partial charge is 0.486 e. The third kappa shape index (κ3) is 7.15. The van der Waals surface area contributed by atoms with E-state index in [0.717, 1.165) is 70.9 Å². The molecule has 1 amide bonds. The number of alkyl halides is 1. The predicted molar refractivity (Wildman–Crippen MR) is 174 cm³/mol. The molecule has 1 aromatic heterocycles. The lowest BCUT2D eigenvalue weighted by Gasteiger charge is -2.43. The fourth-order valence-corrected chi connectivity index (χ4v) is 6.68. The quantitative estimate of drug-likeness (QED) is 0.376. The van der Waals surface area contributed by atoms with E-state index in [2.05, 4.69) is 53.6 Å². The van der Waals surface area contributed by atoms with Crippen LogP contribution >= 0.6 is 0 Å². The molecule has 2 N–H and O–H groups in total. The molecule has 4 aliphatic rings. The number of nitrogens with zero attached hydrogens (tertiary/aromatic N) is 7. The highest BCUT2D eigenvalue weighted by Crippen LogP contribution is 2.29. The summed E-state index contributed by atoms with van der Waals surface area (Å²) in [6.07, 6.45) is 2.51. The molecule has 7 rings (SSSR count). The molecule has 4 fully saturated rings. The average molecular weight is 642 g/mol. The number of benzene rings is 2. The van der Waals surface area contributed by atoms with E-state index in [9.17, 15) is 10.1 Å². The number of anilines is 3. The third-order valence-corrected chi connectivity index (χ3v) is 9.55. The van der Waals surface area contributed by atoms with Crippen LogP contribution in [0.2, 0.25) is 0 Å². The summed E-state index contributed by atoms with van der Waals surface area (Å²) in [7, 11) is 0. The Hall–Kier alpha value is -4.38. The number of piperazine rings is 1. The predicted octanol–water partition coefficient (Wildman–Crippen LogP) is 3.13. The molecule has 0 aliphatic carbocycles. The molecule has 12 nitrogen and oxygen atoms in total. The number of halogens is 1. The third-order valence-electron chi connectivity index (χ3n) is 9.55. The van der Waals surface area contributed by atoms with Crippen LogP contribution in [-0.2, 0) is 9.53 Å². The second-order valence-electron chi connectivity index (χ2n) is 12.6. The zero-order valence-electron chi connectivity index (χ0n) is 26.4. The van der Waals surface area contributed by atoms with Crippen molar-refractivity contribution in [2.24, 2.45) is 0 Å². The topological polar surface area (TPSA) is 132 Å². The number of nitriles is 1. The summed E-state index contributed by atoms with van der Waals surface area (Å²) in [6, 6.07) is 15.8. The van der Waals surface area contributed by atoms with E-state index in [-0.39, 0.29) is 24.1 Å². The lowest BCUT2D eigenvalue weighted by Crippen LogP contribution is -2.56. The average Bonchev–Trinajstić information content (AvgIpc) is 3.09. The van der Waals surface area contributed by atoms with E-state index >= 15 is 4.39 Å². The van der Waals surface area contributed by atoms with Gasteiger partial charge in [-0.2, -0.15) is 10.2 Å². The Morgan fingerprint density at radius 1 is 1.04 bits per heavy atom. The Bertz CT molecular complexity index is 1580. The SMILES string of the molecule is N#Cc1cc(-c2ncnc(Nc3ccc(N4CCN(C5COC5)CC4)cc3)n2)ccc1OC1CCN(C(=O)C2CCCCN2)CC1F. The van der Waals surface area contributed by atoms with Gasteiger partial charge in [0.25, 0.3) is 0 Å². The Balaban J connectivity index is 0.954. The van der Waals surface area contributed by atoms with Gasteiger partial charge in [0.1, 0.15) is 24.3 Å². The molecule has 3 aromatic rings. The van der Waals surface area contributed by atoms with Gasteiger partial charge in [0.05, 0.1) is 37.4 Å². The standard InChI is InChI=1S/C34H40FN9O3/c35-28-19-44(33(45)29-3-1-2-11-37-29)12-10-31(28)47-30-9-4-23(17-24(30)18-36)32-38-22-39-34(41-32)40-25-5-7-26(8-6-25)42-13-15-43(16-14-42)27-20-46-21-27/h4-9,17,22,27-29,31,37H,1-3,10-16,19-21H2,(H,38,39,40,41). The number of amides is 1. The van der Waals surface area contributed by atoms with Crippen LogP contribution in [0.25, 0.3) is 11.4 Å². The minimum Gasteiger partial charge on any atom is -0.486 e. The summed E-state index contributed by atoms with van der Waals surface area (Å²) < 4.78 is 26.6. The first-order chi connectivity index (χ1) is 23.0. The van der Waals surface area contributed by atoms with E-state index in [4.69, 9.17) is 9.47 Å². The minimum absolute atomic E-state index is 0.0153. The van der Waals surface area contributed by atoms with Crippen LogP contribution in [0.5, 0.6) is 5.75 Å². The van der Waals surface area contributed by atoms with E-state index in [1.165, 1.54) is 12.0 Å².